The summed E-state index contributed by atoms with van der Waals surface area (Å²) in [6.45, 7) is 7.46. The molecule has 2 aromatic rings. The maximum Gasteiger partial charge on any atom is 0.159 e. The first-order valence-corrected chi connectivity index (χ1v) is 13.6. The van der Waals surface area contributed by atoms with Crippen molar-refractivity contribution in [1.82, 2.24) is 9.97 Å². The van der Waals surface area contributed by atoms with Gasteiger partial charge in [-0.15, -0.1) is 0 Å². The van der Waals surface area contributed by atoms with Crippen LogP contribution in [0.3, 0.4) is 0 Å². The normalized spacial score (nSPS) is 11.0. The number of unbranched alkanes of at least 4 members (excludes halogenated alkanes) is 10. The highest BCUT2D eigenvalue weighted by Crippen LogP contribution is 2.21. The van der Waals surface area contributed by atoms with Crippen LogP contribution in [-0.2, 0) is 4.74 Å². The fourth-order valence-electron chi connectivity index (χ4n) is 3.76. The van der Waals surface area contributed by atoms with E-state index in [9.17, 15) is 0 Å². The van der Waals surface area contributed by atoms with Gasteiger partial charge in [0.1, 0.15) is 5.75 Å². The molecule has 0 spiro atoms. The minimum absolute atomic E-state index is 0.656. The lowest BCUT2D eigenvalue weighted by Gasteiger charge is -2.08. The molecule has 0 N–H and O–H groups in total. The average Bonchev–Trinajstić information content (AvgIpc) is 2.87. The number of aromatic nitrogens is 2. The molecule has 0 aliphatic rings. The summed E-state index contributed by atoms with van der Waals surface area (Å²) >= 11 is 0. The Morgan fingerprint density at radius 3 is 1.68 bits per heavy atom. The summed E-state index contributed by atoms with van der Waals surface area (Å²) in [7, 11) is 0. The van der Waals surface area contributed by atoms with Gasteiger partial charge in [-0.05, 0) is 49.9 Å². The van der Waals surface area contributed by atoms with Crippen LogP contribution >= 0.6 is 0 Å². The molecule has 0 unspecified atom stereocenters. The molecule has 0 amide bonds. The predicted molar refractivity (Wildman–Crippen MR) is 141 cm³/mol. The van der Waals surface area contributed by atoms with E-state index in [1.54, 1.807) is 12.4 Å². The van der Waals surface area contributed by atoms with Crippen molar-refractivity contribution in [1.29, 1.82) is 0 Å². The lowest BCUT2D eigenvalue weighted by molar-refractivity contribution is 0.127. The Morgan fingerprint density at radius 1 is 0.529 bits per heavy atom. The number of benzene rings is 1. The Balaban J connectivity index is 1.56. The van der Waals surface area contributed by atoms with Crippen LogP contribution in [0.5, 0.6) is 11.5 Å². The molecule has 2 rings (SSSR count). The van der Waals surface area contributed by atoms with Gasteiger partial charge in [0.15, 0.2) is 11.6 Å². The van der Waals surface area contributed by atoms with Crippen LogP contribution in [0, 0.1) is 0 Å². The Kier molecular flexibility index (Phi) is 15.9. The van der Waals surface area contributed by atoms with E-state index in [0.29, 0.717) is 18.2 Å². The quantitative estimate of drug-likeness (QED) is 0.173. The molecule has 190 valence electrons. The first-order chi connectivity index (χ1) is 16.8. The van der Waals surface area contributed by atoms with Gasteiger partial charge >= 0.3 is 0 Å². The molecular formula is C29H46N2O3. The molecule has 0 radical (unpaired) electrons. The summed E-state index contributed by atoms with van der Waals surface area (Å²) in [6, 6.07) is 8.03. The molecule has 5 heteroatoms. The summed E-state index contributed by atoms with van der Waals surface area (Å²) in [5.74, 6) is 2.30. The maximum absolute atomic E-state index is 5.90. The molecule has 34 heavy (non-hydrogen) atoms. The molecule has 1 aromatic carbocycles. The number of ether oxygens (including phenoxy) is 3. The fourth-order valence-corrected chi connectivity index (χ4v) is 3.76. The van der Waals surface area contributed by atoms with Gasteiger partial charge in [-0.2, -0.15) is 0 Å². The largest absolute Gasteiger partial charge is 0.494 e. The van der Waals surface area contributed by atoms with Crippen LogP contribution in [0.4, 0.5) is 0 Å². The van der Waals surface area contributed by atoms with Crippen molar-refractivity contribution in [2.75, 3.05) is 26.4 Å². The average molecular weight is 471 g/mol. The standard InChI is InChI=1S/C29H46N2O3/c1-3-5-6-7-8-9-10-11-12-13-22-33-27-18-16-26(17-19-27)29-30-24-28(25-31-29)34-23-15-14-21-32-20-4-2/h16-19,24-25H,3-15,20-23H2,1-2H3. The van der Waals surface area contributed by atoms with Crippen LogP contribution in [0.2, 0.25) is 0 Å². The molecule has 1 heterocycles. The van der Waals surface area contributed by atoms with E-state index in [4.69, 9.17) is 14.2 Å². The zero-order valence-corrected chi connectivity index (χ0v) is 21.6. The smallest absolute Gasteiger partial charge is 0.159 e. The number of rotatable bonds is 21. The lowest BCUT2D eigenvalue weighted by atomic mass is 10.1. The Hall–Kier alpha value is -2.14. The molecular weight excluding hydrogens is 424 g/mol. The first-order valence-electron chi connectivity index (χ1n) is 13.6. The molecule has 0 fully saturated rings. The van der Waals surface area contributed by atoms with Gasteiger partial charge in [-0.1, -0.05) is 71.6 Å². The van der Waals surface area contributed by atoms with Gasteiger partial charge in [0, 0.05) is 18.8 Å². The highest BCUT2D eigenvalue weighted by molar-refractivity contribution is 5.56. The van der Waals surface area contributed by atoms with Crippen LogP contribution in [0.15, 0.2) is 36.7 Å². The Labute approximate surface area is 207 Å². The Bertz CT molecular complexity index is 719. The summed E-state index contributed by atoms with van der Waals surface area (Å²) in [5, 5.41) is 0. The molecule has 5 nitrogen and oxygen atoms in total. The predicted octanol–water partition coefficient (Wildman–Crippen LogP) is 8.03. The number of hydrogen-bond acceptors (Lipinski definition) is 5. The molecule has 1 aromatic heterocycles. The minimum atomic E-state index is 0.656. The van der Waals surface area contributed by atoms with E-state index in [-0.39, 0.29) is 0 Å². The van der Waals surface area contributed by atoms with Crippen molar-refractivity contribution in [2.24, 2.45) is 0 Å². The second-order valence-electron chi connectivity index (χ2n) is 8.97. The van der Waals surface area contributed by atoms with Crippen LogP contribution < -0.4 is 9.47 Å². The molecule has 0 aliphatic carbocycles. The summed E-state index contributed by atoms with van der Waals surface area (Å²) < 4.78 is 17.1. The van der Waals surface area contributed by atoms with E-state index in [1.165, 1.54) is 57.8 Å². The summed E-state index contributed by atoms with van der Waals surface area (Å²) in [4.78, 5) is 8.90. The molecule has 0 saturated heterocycles. The zero-order chi connectivity index (χ0) is 24.1. The van der Waals surface area contributed by atoms with Gasteiger partial charge in [-0.3, -0.25) is 0 Å². The van der Waals surface area contributed by atoms with Crippen molar-refractivity contribution in [2.45, 2.75) is 97.3 Å². The second kappa shape index (κ2) is 19.2. The van der Waals surface area contributed by atoms with Crippen LogP contribution in [0.1, 0.15) is 97.3 Å². The highest BCUT2D eigenvalue weighted by Gasteiger charge is 2.03. The lowest BCUT2D eigenvalue weighted by Crippen LogP contribution is -2.02. The van der Waals surface area contributed by atoms with Gasteiger partial charge in [0.2, 0.25) is 0 Å². The summed E-state index contributed by atoms with van der Waals surface area (Å²) in [6.07, 6.45) is 19.9. The monoisotopic (exact) mass is 470 g/mol. The highest BCUT2D eigenvalue weighted by atomic mass is 16.5. The van der Waals surface area contributed by atoms with Crippen molar-refractivity contribution in [3.8, 4) is 22.9 Å². The van der Waals surface area contributed by atoms with Crippen molar-refractivity contribution in [3.63, 3.8) is 0 Å². The topological polar surface area (TPSA) is 53.5 Å². The third-order valence-electron chi connectivity index (χ3n) is 5.81. The van der Waals surface area contributed by atoms with E-state index in [2.05, 4.69) is 23.8 Å². The first kappa shape index (κ1) is 28.1. The molecule has 0 saturated carbocycles. The van der Waals surface area contributed by atoms with Crippen LogP contribution in [-0.4, -0.2) is 36.4 Å². The minimum Gasteiger partial charge on any atom is -0.494 e. The van der Waals surface area contributed by atoms with Crippen molar-refractivity contribution >= 4 is 0 Å². The van der Waals surface area contributed by atoms with Gasteiger partial charge in [-0.25, -0.2) is 9.97 Å². The fraction of sp³-hybridized carbons (Fsp3) is 0.655. The van der Waals surface area contributed by atoms with E-state index < -0.39 is 0 Å². The zero-order valence-electron chi connectivity index (χ0n) is 21.6. The van der Waals surface area contributed by atoms with Crippen molar-refractivity contribution < 1.29 is 14.2 Å². The van der Waals surface area contributed by atoms with Gasteiger partial charge in [0.25, 0.3) is 0 Å². The van der Waals surface area contributed by atoms with Gasteiger partial charge in [0.05, 0.1) is 25.6 Å². The molecule has 0 atom stereocenters. The Morgan fingerprint density at radius 2 is 1.06 bits per heavy atom. The number of nitrogens with zero attached hydrogens (tertiary/aromatic N) is 2. The van der Waals surface area contributed by atoms with Crippen molar-refractivity contribution in [3.05, 3.63) is 36.7 Å². The second-order valence-corrected chi connectivity index (χ2v) is 8.97. The summed E-state index contributed by atoms with van der Waals surface area (Å²) in [5.41, 5.74) is 0.978. The third kappa shape index (κ3) is 12.9. The number of hydrogen-bond donors (Lipinski definition) is 0. The SMILES string of the molecule is CCCCCCCCCCCCOc1ccc(-c2ncc(OCCCCOCCC)cn2)cc1. The van der Waals surface area contributed by atoms with Crippen LogP contribution in [0.25, 0.3) is 11.4 Å². The molecule has 0 aliphatic heterocycles. The molecule has 0 bridgehead atoms. The third-order valence-corrected chi connectivity index (χ3v) is 5.81. The maximum atomic E-state index is 5.90. The van der Waals surface area contributed by atoms with E-state index in [0.717, 1.165) is 56.8 Å². The van der Waals surface area contributed by atoms with E-state index >= 15 is 0 Å². The van der Waals surface area contributed by atoms with Gasteiger partial charge < -0.3 is 14.2 Å². The van der Waals surface area contributed by atoms with E-state index in [1.807, 2.05) is 24.3 Å².